The quantitative estimate of drug-likeness (QED) is 0.734. The second kappa shape index (κ2) is 4.00. The van der Waals surface area contributed by atoms with Gasteiger partial charge in [-0.05, 0) is 30.3 Å². The fourth-order valence-electron chi connectivity index (χ4n) is 1.31. The van der Waals surface area contributed by atoms with Crippen molar-refractivity contribution in [1.82, 2.24) is 0 Å². The summed E-state index contributed by atoms with van der Waals surface area (Å²) in [5.74, 6) is -0.395. The maximum absolute atomic E-state index is 12.9. The zero-order valence-electron chi connectivity index (χ0n) is 8.07. The molecule has 2 aromatic rings. The summed E-state index contributed by atoms with van der Waals surface area (Å²) in [4.78, 5) is 0. The van der Waals surface area contributed by atoms with Crippen molar-refractivity contribution in [3.8, 4) is 0 Å². The van der Waals surface area contributed by atoms with Gasteiger partial charge in [0.25, 0.3) is 0 Å². The molecule has 0 aliphatic carbocycles. The third-order valence-corrected chi connectivity index (χ3v) is 2.06. The first-order valence-corrected chi connectivity index (χ1v) is 4.63. The average molecular weight is 202 g/mol. The monoisotopic (exact) mass is 202 g/mol. The van der Waals surface area contributed by atoms with Gasteiger partial charge in [-0.25, -0.2) is 4.39 Å². The summed E-state index contributed by atoms with van der Waals surface area (Å²) in [7, 11) is 0. The molecule has 2 rings (SSSR count). The van der Waals surface area contributed by atoms with E-state index in [1.54, 1.807) is 12.1 Å². The molecule has 0 atom stereocenters. The van der Waals surface area contributed by atoms with Gasteiger partial charge < -0.3 is 11.1 Å². The van der Waals surface area contributed by atoms with E-state index >= 15 is 0 Å². The van der Waals surface area contributed by atoms with Crippen LogP contribution in [-0.4, -0.2) is 0 Å². The van der Waals surface area contributed by atoms with Crippen LogP contribution in [0.25, 0.3) is 0 Å². The first kappa shape index (κ1) is 9.52. The number of halogens is 1. The number of anilines is 3. The van der Waals surface area contributed by atoms with Crippen molar-refractivity contribution in [1.29, 1.82) is 0 Å². The summed E-state index contributed by atoms with van der Waals surface area (Å²) in [5.41, 5.74) is 7.33. The molecule has 0 heterocycles. The van der Waals surface area contributed by atoms with E-state index in [2.05, 4.69) is 5.32 Å². The highest BCUT2D eigenvalue weighted by molar-refractivity contribution is 5.63. The second-order valence-electron chi connectivity index (χ2n) is 3.23. The molecule has 3 heteroatoms. The maximum Gasteiger partial charge on any atom is 0.146 e. The Morgan fingerprint density at radius 1 is 0.933 bits per heavy atom. The molecule has 0 spiro atoms. The maximum atomic E-state index is 12.9. The minimum Gasteiger partial charge on any atom is -0.396 e. The predicted molar refractivity (Wildman–Crippen MR) is 60.5 cm³/mol. The lowest BCUT2D eigenvalue weighted by Crippen LogP contribution is -1.94. The molecule has 0 aliphatic rings. The summed E-state index contributed by atoms with van der Waals surface area (Å²) in [6.07, 6.45) is 0. The van der Waals surface area contributed by atoms with Crippen LogP contribution in [0.4, 0.5) is 21.5 Å². The molecule has 0 fully saturated rings. The van der Waals surface area contributed by atoms with Crippen molar-refractivity contribution in [3.05, 3.63) is 54.3 Å². The Morgan fingerprint density at radius 2 is 1.67 bits per heavy atom. The number of nitrogen functional groups attached to an aromatic ring is 1. The molecule has 15 heavy (non-hydrogen) atoms. The molecular weight excluding hydrogens is 191 g/mol. The van der Waals surface area contributed by atoms with Gasteiger partial charge in [-0.1, -0.05) is 18.2 Å². The van der Waals surface area contributed by atoms with Crippen molar-refractivity contribution >= 4 is 17.1 Å². The van der Waals surface area contributed by atoms with Crippen molar-refractivity contribution in [2.75, 3.05) is 11.1 Å². The average Bonchev–Trinajstić information content (AvgIpc) is 2.25. The normalized spacial score (nSPS) is 9.93. The lowest BCUT2D eigenvalue weighted by molar-refractivity contribution is 0.633. The number of hydrogen-bond donors (Lipinski definition) is 2. The molecule has 2 nitrogen and oxygen atoms in total. The summed E-state index contributed by atoms with van der Waals surface area (Å²) < 4.78 is 12.9. The Balaban J connectivity index is 2.22. The summed E-state index contributed by atoms with van der Waals surface area (Å²) in [6.45, 7) is 0. The molecule has 0 saturated heterocycles. The fraction of sp³-hybridized carbons (Fsp3) is 0. The topological polar surface area (TPSA) is 38.0 Å². The van der Waals surface area contributed by atoms with Crippen molar-refractivity contribution in [2.45, 2.75) is 0 Å². The number of nitrogens with two attached hydrogens (primary N) is 1. The molecule has 0 radical (unpaired) electrons. The van der Waals surface area contributed by atoms with E-state index in [1.807, 2.05) is 30.3 Å². The van der Waals surface area contributed by atoms with E-state index < -0.39 is 5.82 Å². The summed E-state index contributed by atoms with van der Waals surface area (Å²) >= 11 is 0. The Hall–Kier alpha value is -2.03. The van der Waals surface area contributed by atoms with Crippen molar-refractivity contribution in [3.63, 3.8) is 0 Å². The molecule has 0 unspecified atom stereocenters. The summed E-state index contributed by atoms with van der Waals surface area (Å²) in [5, 5.41) is 3.13. The third kappa shape index (κ3) is 2.26. The zero-order valence-corrected chi connectivity index (χ0v) is 8.07. The molecule has 3 N–H and O–H groups in total. The number of para-hydroxylation sites is 1. The standard InChI is InChI=1S/C12H11FN2/c13-11-7-6-10(8-12(11)14)15-9-4-2-1-3-5-9/h1-8,15H,14H2. The van der Waals surface area contributed by atoms with Gasteiger partial charge in [-0.3, -0.25) is 0 Å². The lowest BCUT2D eigenvalue weighted by Gasteiger charge is -2.06. The van der Waals surface area contributed by atoms with Gasteiger partial charge in [0.1, 0.15) is 5.82 Å². The van der Waals surface area contributed by atoms with Crippen LogP contribution in [0.3, 0.4) is 0 Å². The van der Waals surface area contributed by atoms with Gasteiger partial charge in [-0.15, -0.1) is 0 Å². The lowest BCUT2D eigenvalue weighted by atomic mass is 10.2. The molecule has 0 amide bonds. The first-order valence-electron chi connectivity index (χ1n) is 4.63. The second-order valence-corrected chi connectivity index (χ2v) is 3.23. The minimum atomic E-state index is -0.395. The number of nitrogens with one attached hydrogen (secondary N) is 1. The van der Waals surface area contributed by atoms with Gasteiger partial charge in [0, 0.05) is 11.4 Å². The van der Waals surface area contributed by atoms with E-state index in [-0.39, 0.29) is 5.69 Å². The zero-order chi connectivity index (χ0) is 10.7. The highest BCUT2D eigenvalue weighted by atomic mass is 19.1. The van der Waals surface area contributed by atoms with Gasteiger partial charge >= 0.3 is 0 Å². The fourth-order valence-corrected chi connectivity index (χ4v) is 1.31. The Bertz CT molecular complexity index is 454. The van der Waals surface area contributed by atoms with Gasteiger partial charge in [-0.2, -0.15) is 0 Å². The Labute approximate surface area is 87.5 Å². The van der Waals surface area contributed by atoms with Gasteiger partial charge in [0.05, 0.1) is 5.69 Å². The van der Waals surface area contributed by atoms with Crippen LogP contribution in [0.15, 0.2) is 48.5 Å². The smallest absolute Gasteiger partial charge is 0.146 e. The largest absolute Gasteiger partial charge is 0.396 e. The van der Waals surface area contributed by atoms with Crippen LogP contribution in [0, 0.1) is 5.82 Å². The van der Waals surface area contributed by atoms with Crippen LogP contribution in [0.5, 0.6) is 0 Å². The van der Waals surface area contributed by atoms with Crippen molar-refractivity contribution in [2.24, 2.45) is 0 Å². The molecule has 0 bridgehead atoms. The van der Waals surface area contributed by atoms with Crippen molar-refractivity contribution < 1.29 is 4.39 Å². The Kier molecular flexibility index (Phi) is 2.54. The van der Waals surface area contributed by atoms with E-state index in [0.29, 0.717) is 0 Å². The Morgan fingerprint density at radius 3 is 2.33 bits per heavy atom. The van der Waals surface area contributed by atoms with Crippen LogP contribution < -0.4 is 11.1 Å². The SMILES string of the molecule is Nc1cc(Nc2ccccc2)ccc1F. The number of hydrogen-bond acceptors (Lipinski definition) is 2. The highest BCUT2D eigenvalue weighted by Crippen LogP contribution is 2.20. The van der Waals surface area contributed by atoms with Gasteiger partial charge in [0.15, 0.2) is 0 Å². The summed E-state index contributed by atoms with van der Waals surface area (Å²) in [6, 6.07) is 14.2. The molecule has 2 aromatic carbocycles. The van der Waals surface area contributed by atoms with Crippen LogP contribution in [0.2, 0.25) is 0 Å². The van der Waals surface area contributed by atoms with Crippen LogP contribution in [-0.2, 0) is 0 Å². The molecule has 0 saturated carbocycles. The molecule has 0 aromatic heterocycles. The molecular formula is C12H11FN2. The van der Waals surface area contributed by atoms with E-state index in [4.69, 9.17) is 5.73 Å². The first-order chi connectivity index (χ1) is 7.25. The van der Waals surface area contributed by atoms with E-state index in [1.165, 1.54) is 6.07 Å². The molecule has 0 aliphatic heterocycles. The van der Waals surface area contributed by atoms with Crippen LogP contribution >= 0.6 is 0 Å². The van der Waals surface area contributed by atoms with Gasteiger partial charge in [0.2, 0.25) is 0 Å². The third-order valence-electron chi connectivity index (χ3n) is 2.06. The van der Waals surface area contributed by atoms with Crippen LogP contribution in [0.1, 0.15) is 0 Å². The number of rotatable bonds is 2. The highest BCUT2D eigenvalue weighted by Gasteiger charge is 1.99. The minimum absolute atomic E-state index is 0.149. The predicted octanol–water partition coefficient (Wildman–Crippen LogP) is 3.15. The van der Waals surface area contributed by atoms with E-state index in [0.717, 1.165) is 11.4 Å². The number of benzene rings is 2. The molecule has 76 valence electrons. The van der Waals surface area contributed by atoms with E-state index in [9.17, 15) is 4.39 Å².